The van der Waals surface area contributed by atoms with Crippen molar-refractivity contribution >= 4 is 16.6 Å². The Morgan fingerprint density at radius 1 is 1.31 bits per heavy atom. The van der Waals surface area contributed by atoms with Gasteiger partial charge in [0.2, 0.25) is 0 Å². The molecule has 2 rings (SSSR count). The van der Waals surface area contributed by atoms with Gasteiger partial charge in [0.05, 0.1) is 12.3 Å². The van der Waals surface area contributed by atoms with Gasteiger partial charge in [-0.1, -0.05) is 18.2 Å². The Kier molecular flexibility index (Phi) is 2.19. The van der Waals surface area contributed by atoms with Crippen molar-refractivity contribution in [3.05, 3.63) is 30.5 Å². The van der Waals surface area contributed by atoms with Crippen molar-refractivity contribution in [2.75, 3.05) is 18.5 Å². The lowest BCUT2D eigenvalue weighted by atomic mass is 10.2. The first-order valence-corrected chi connectivity index (χ1v) is 4.32. The first kappa shape index (κ1) is 8.13. The van der Waals surface area contributed by atoms with Crippen LogP contribution >= 0.6 is 0 Å². The fraction of sp³-hybridized carbons (Fsp3) is 0.200. The van der Waals surface area contributed by atoms with Crippen molar-refractivity contribution in [3.63, 3.8) is 0 Å². The van der Waals surface area contributed by atoms with E-state index in [4.69, 9.17) is 5.11 Å². The molecule has 0 bridgehead atoms. The SMILES string of the molecule is OCCNc1c[nH]c2ccccc12. The third kappa shape index (κ3) is 1.51. The fourth-order valence-electron chi connectivity index (χ4n) is 1.41. The van der Waals surface area contributed by atoms with Crippen LogP contribution in [0, 0.1) is 0 Å². The molecular formula is C10H12N2O. The van der Waals surface area contributed by atoms with Gasteiger partial charge in [0.15, 0.2) is 0 Å². The van der Waals surface area contributed by atoms with Gasteiger partial charge in [-0.05, 0) is 6.07 Å². The Morgan fingerprint density at radius 2 is 2.15 bits per heavy atom. The standard InChI is InChI=1S/C10H12N2O/c13-6-5-11-10-7-12-9-4-2-1-3-8(9)10/h1-4,7,11-13H,5-6H2. The lowest BCUT2D eigenvalue weighted by Crippen LogP contribution is -2.04. The van der Waals surface area contributed by atoms with Crippen molar-refractivity contribution < 1.29 is 5.11 Å². The van der Waals surface area contributed by atoms with E-state index in [1.165, 1.54) is 0 Å². The molecule has 0 saturated carbocycles. The topological polar surface area (TPSA) is 48.0 Å². The number of hydrogen-bond donors (Lipinski definition) is 3. The van der Waals surface area contributed by atoms with Crippen LogP contribution in [0.3, 0.4) is 0 Å². The number of aromatic amines is 1. The molecule has 0 fully saturated rings. The summed E-state index contributed by atoms with van der Waals surface area (Å²) in [7, 11) is 0. The van der Waals surface area contributed by atoms with Gasteiger partial charge in [-0.3, -0.25) is 0 Å². The number of aliphatic hydroxyl groups excluding tert-OH is 1. The zero-order valence-electron chi connectivity index (χ0n) is 7.25. The molecule has 2 aromatic rings. The van der Waals surface area contributed by atoms with E-state index in [1.54, 1.807) is 0 Å². The minimum Gasteiger partial charge on any atom is -0.395 e. The summed E-state index contributed by atoms with van der Waals surface area (Å²) in [5.41, 5.74) is 2.16. The number of hydrogen-bond acceptors (Lipinski definition) is 2. The highest BCUT2D eigenvalue weighted by Crippen LogP contribution is 2.21. The Bertz CT molecular complexity index is 394. The van der Waals surface area contributed by atoms with Crippen LogP contribution in [-0.4, -0.2) is 23.2 Å². The highest BCUT2D eigenvalue weighted by atomic mass is 16.3. The van der Waals surface area contributed by atoms with Crippen molar-refractivity contribution in [3.8, 4) is 0 Å². The predicted octanol–water partition coefficient (Wildman–Crippen LogP) is 1.57. The number of benzene rings is 1. The van der Waals surface area contributed by atoms with E-state index in [-0.39, 0.29) is 6.61 Å². The third-order valence-electron chi connectivity index (χ3n) is 2.02. The quantitative estimate of drug-likeness (QED) is 0.664. The smallest absolute Gasteiger partial charge is 0.0604 e. The molecule has 68 valence electrons. The Labute approximate surface area is 76.4 Å². The average molecular weight is 176 g/mol. The number of anilines is 1. The first-order chi connectivity index (χ1) is 6.42. The molecule has 0 aliphatic heterocycles. The zero-order chi connectivity index (χ0) is 9.10. The molecule has 0 radical (unpaired) electrons. The molecular weight excluding hydrogens is 164 g/mol. The van der Waals surface area contributed by atoms with Gasteiger partial charge >= 0.3 is 0 Å². The molecule has 0 unspecified atom stereocenters. The maximum atomic E-state index is 8.66. The van der Waals surface area contributed by atoms with Gasteiger partial charge in [-0.2, -0.15) is 0 Å². The number of fused-ring (bicyclic) bond motifs is 1. The molecule has 0 saturated heterocycles. The minimum absolute atomic E-state index is 0.152. The van der Waals surface area contributed by atoms with Crippen LogP contribution in [-0.2, 0) is 0 Å². The van der Waals surface area contributed by atoms with E-state index in [0.29, 0.717) is 6.54 Å². The number of aliphatic hydroxyl groups is 1. The zero-order valence-corrected chi connectivity index (χ0v) is 7.25. The summed E-state index contributed by atoms with van der Waals surface area (Å²) in [5, 5.41) is 13.0. The Balaban J connectivity index is 2.35. The third-order valence-corrected chi connectivity index (χ3v) is 2.02. The molecule has 1 aromatic heterocycles. The molecule has 3 nitrogen and oxygen atoms in total. The first-order valence-electron chi connectivity index (χ1n) is 4.32. The van der Waals surface area contributed by atoms with Crippen molar-refractivity contribution in [2.24, 2.45) is 0 Å². The summed E-state index contributed by atoms with van der Waals surface area (Å²) in [6, 6.07) is 8.07. The summed E-state index contributed by atoms with van der Waals surface area (Å²) in [5.74, 6) is 0. The molecule has 0 atom stereocenters. The Hall–Kier alpha value is -1.48. The molecule has 13 heavy (non-hydrogen) atoms. The van der Waals surface area contributed by atoms with E-state index >= 15 is 0 Å². The van der Waals surface area contributed by atoms with Gasteiger partial charge in [-0.15, -0.1) is 0 Å². The van der Waals surface area contributed by atoms with E-state index in [1.807, 2.05) is 30.5 Å². The van der Waals surface area contributed by atoms with Gasteiger partial charge in [0.25, 0.3) is 0 Å². The second kappa shape index (κ2) is 3.49. The van der Waals surface area contributed by atoms with Crippen LogP contribution in [0.25, 0.3) is 10.9 Å². The van der Waals surface area contributed by atoms with E-state index in [2.05, 4.69) is 10.3 Å². The van der Waals surface area contributed by atoms with Gasteiger partial charge in [0, 0.05) is 23.6 Å². The second-order valence-corrected chi connectivity index (χ2v) is 2.90. The largest absolute Gasteiger partial charge is 0.395 e. The summed E-state index contributed by atoms with van der Waals surface area (Å²) in [4.78, 5) is 3.15. The summed E-state index contributed by atoms with van der Waals surface area (Å²) < 4.78 is 0. The molecule has 1 heterocycles. The Morgan fingerprint density at radius 3 is 3.00 bits per heavy atom. The van der Waals surface area contributed by atoms with E-state index < -0.39 is 0 Å². The molecule has 0 aliphatic rings. The van der Waals surface area contributed by atoms with Crippen LogP contribution in [0.15, 0.2) is 30.5 Å². The monoisotopic (exact) mass is 176 g/mol. The fourth-order valence-corrected chi connectivity index (χ4v) is 1.41. The molecule has 3 heteroatoms. The van der Waals surface area contributed by atoms with Crippen molar-refractivity contribution in [1.82, 2.24) is 4.98 Å². The normalized spacial score (nSPS) is 10.5. The second-order valence-electron chi connectivity index (χ2n) is 2.90. The molecule has 3 N–H and O–H groups in total. The van der Waals surface area contributed by atoms with Gasteiger partial charge < -0.3 is 15.4 Å². The van der Waals surface area contributed by atoms with Crippen LogP contribution in [0.5, 0.6) is 0 Å². The van der Waals surface area contributed by atoms with Crippen LogP contribution in [0.1, 0.15) is 0 Å². The molecule has 0 amide bonds. The number of nitrogens with one attached hydrogen (secondary N) is 2. The number of rotatable bonds is 3. The van der Waals surface area contributed by atoms with E-state index in [0.717, 1.165) is 16.6 Å². The highest BCUT2D eigenvalue weighted by molar-refractivity contribution is 5.92. The lowest BCUT2D eigenvalue weighted by molar-refractivity contribution is 0.311. The van der Waals surface area contributed by atoms with Crippen molar-refractivity contribution in [1.29, 1.82) is 0 Å². The maximum absolute atomic E-state index is 8.66. The number of H-pyrrole nitrogens is 1. The van der Waals surface area contributed by atoms with Crippen LogP contribution < -0.4 is 5.32 Å². The van der Waals surface area contributed by atoms with Gasteiger partial charge in [-0.25, -0.2) is 0 Å². The highest BCUT2D eigenvalue weighted by Gasteiger charge is 1.99. The van der Waals surface area contributed by atoms with E-state index in [9.17, 15) is 0 Å². The molecule has 0 aliphatic carbocycles. The van der Waals surface area contributed by atoms with Gasteiger partial charge in [0.1, 0.15) is 0 Å². The molecule has 0 spiro atoms. The number of para-hydroxylation sites is 1. The van der Waals surface area contributed by atoms with Crippen LogP contribution in [0.2, 0.25) is 0 Å². The average Bonchev–Trinajstić information content (AvgIpc) is 2.58. The summed E-state index contributed by atoms with van der Waals surface area (Å²) in [6.45, 7) is 0.737. The predicted molar refractivity (Wildman–Crippen MR) is 53.9 cm³/mol. The summed E-state index contributed by atoms with van der Waals surface area (Å²) >= 11 is 0. The minimum atomic E-state index is 0.152. The van der Waals surface area contributed by atoms with Crippen LogP contribution in [0.4, 0.5) is 5.69 Å². The lowest BCUT2D eigenvalue weighted by Gasteiger charge is -2.00. The summed E-state index contributed by atoms with van der Waals surface area (Å²) in [6.07, 6.45) is 1.92. The van der Waals surface area contributed by atoms with Crippen molar-refractivity contribution in [2.45, 2.75) is 0 Å². The maximum Gasteiger partial charge on any atom is 0.0604 e. The molecule has 1 aromatic carbocycles. The number of aromatic nitrogens is 1.